The average Bonchev–Trinajstić information content (AvgIpc) is 2.64. The van der Waals surface area contributed by atoms with Crippen LogP contribution in [0, 0.1) is 0 Å². The molecule has 0 amide bonds. The Morgan fingerprint density at radius 3 is 2.00 bits per heavy atom. The van der Waals surface area contributed by atoms with Crippen LogP contribution in [0.3, 0.4) is 0 Å². The zero-order chi connectivity index (χ0) is 18.3. The van der Waals surface area contributed by atoms with Crippen molar-refractivity contribution in [2.45, 2.75) is 51.1 Å². The predicted molar refractivity (Wildman–Crippen MR) is 92.5 cm³/mol. The van der Waals surface area contributed by atoms with Gasteiger partial charge in [0.05, 0.1) is 24.7 Å². The van der Waals surface area contributed by atoms with E-state index in [1.807, 2.05) is 27.7 Å². The fraction of sp³-hybridized carbons (Fsp3) is 0.643. The van der Waals surface area contributed by atoms with E-state index in [0.717, 1.165) is 0 Å². The minimum Gasteiger partial charge on any atom is -0.469 e. The number of carbonyl (C=O) groups excluding carboxylic acids is 1. The van der Waals surface area contributed by atoms with Crippen molar-refractivity contribution in [3.05, 3.63) is 21.2 Å². The summed E-state index contributed by atoms with van der Waals surface area (Å²) in [6, 6.07) is 0. The lowest BCUT2D eigenvalue weighted by molar-refractivity contribution is -0.140. The van der Waals surface area contributed by atoms with Gasteiger partial charge in [0, 0.05) is 11.4 Å². The van der Waals surface area contributed by atoms with Gasteiger partial charge in [0.1, 0.15) is 10.3 Å². The molecular weight excluding hydrogens is 377 g/mol. The minimum atomic E-state index is -0.770. The Bertz CT molecular complexity index is 618. The van der Waals surface area contributed by atoms with E-state index < -0.39 is 30.1 Å². The van der Waals surface area contributed by atoms with E-state index in [1.54, 1.807) is 0 Å². The van der Waals surface area contributed by atoms with E-state index >= 15 is 0 Å². The van der Waals surface area contributed by atoms with Crippen molar-refractivity contribution in [2.75, 3.05) is 7.11 Å². The Balaban J connectivity index is 2.46. The smallest absolute Gasteiger partial charge is 0.466 e. The van der Waals surface area contributed by atoms with Gasteiger partial charge in [0.25, 0.3) is 0 Å². The largest absolute Gasteiger partial charge is 0.469 e. The van der Waals surface area contributed by atoms with Crippen molar-refractivity contribution in [2.24, 2.45) is 0 Å². The van der Waals surface area contributed by atoms with Crippen molar-refractivity contribution >= 4 is 47.9 Å². The van der Waals surface area contributed by atoms with Gasteiger partial charge in [-0.05, 0) is 39.3 Å². The summed E-state index contributed by atoms with van der Waals surface area (Å²) >= 11 is 18.2. The molecule has 1 aromatic heterocycles. The fourth-order valence-corrected chi connectivity index (χ4v) is 3.27. The van der Waals surface area contributed by atoms with Gasteiger partial charge < -0.3 is 14.0 Å². The molecule has 0 radical (unpaired) electrons. The van der Waals surface area contributed by atoms with Crippen LogP contribution in [0.4, 0.5) is 0 Å². The number of hydrogen-bond donors (Lipinski definition) is 0. The Kier molecular flexibility index (Phi) is 5.72. The molecule has 132 valence electrons. The first-order valence-corrected chi connectivity index (χ1v) is 8.43. The first-order chi connectivity index (χ1) is 11.0. The Hall–Kier alpha value is -0.595. The summed E-state index contributed by atoms with van der Waals surface area (Å²) in [5, 5.41) is 0.00622. The van der Waals surface area contributed by atoms with E-state index in [2.05, 4.69) is 9.97 Å². The minimum absolute atomic E-state index is 0.0450. The average molecular weight is 395 g/mol. The molecule has 0 saturated carbocycles. The van der Waals surface area contributed by atoms with Crippen LogP contribution in [-0.4, -0.2) is 41.4 Å². The molecule has 1 atom stereocenters. The molecule has 0 spiro atoms. The standard InChI is InChI=1S/C14H18BCl3N2O4/c1-13(2)14(3,4)24-15(23-13)7(6-8(21)22-5)9-10(16)19-12(18)20-11(9)17/h7H,6H2,1-5H3. The molecule has 0 aromatic carbocycles. The van der Waals surface area contributed by atoms with Crippen LogP contribution >= 0.6 is 34.8 Å². The van der Waals surface area contributed by atoms with E-state index in [-0.39, 0.29) is 22.0 Å². The lowest BCUT2D eigenvalue weighted by atomic mass is 9.66. The van der Waals surface area contributed by atoms with Crippen LogP contribution in [0.15, 0.2) is 0 Å². The molecule has 1 aromatic rings. The van der Waals surface area contributed by atoms with Crippen LogP contribution in [0.1, 0.15) is 45.5 Å². The van der Waals surface area contributed by atoms with E-state index in [9.17, 15) is 4.79 Å². The van der Waals surface area contributed by atoms with Gasteiger partial charge in [0.2, 0.25) is 5.28 Å². The highest BCUT2D eigenvalue weighted by Crippen LogP contribution is 2.44. The maximum Gasteiger partial charge on any atom is 0.466 e. The van der Waals surface area contributed by atoms with Gasteiger partial charge in [-0.15, -0.1) is 0 Å². The molecule has 2 rings (SSSR count). The third-order valence-corrected chi connectivity index (χ3v) is 5.16. The normalized spacial score (nSPS) is 20.1. The number of carbonyl (C=O) groups is 1. The maximum absolute atomic E-state index is 11.9. The highest BCUT2D eigenvalue weighted by Gasteiger charge is 2.55. The second-order valence-electron chi connectivity index (χ2n) is 6.50. The molecular formula is C14H18BCl3N2O4. The number of hydrogen-bond acceptors (Lipinski definition) is 6. The van der Waals surface area contributed by atoms with Crippen LogP contribution < -0.4 is 0 Å². The van der Waals surface area contributed by atoms with Crippen molar-refractivity contribution < 1.29 is 18.8 Å². The van der Waals surface area contributed by atoms with Crippen molar-refractivity contribution in [1.82, 2.24) is 9.97 Å². The molecule has 1 aliphatic heterocycles. The third kappa shape index (κ3) is 3.80. The summed E-state index contributed by atoms with van der Waals surface area (Å²) < 4.78 is 16.8. The Morgan fingerprint density at radius 1 is 1.12 bits per heavy atom. The van der Waals surface area contributed by atoms with Crippen molar-refractivity contribution in [3.8, 4) is 0 Å². The molecule has 10 heteroatoms. The monoisotopic (exact) mass is 394 g/mol. The van der Waals surface area contributed by atoms with Crippen LogP contribution in [0.5, 0.6) is 0 Å². The zero-order valence-corrected chi connectivity index (χ0v) is 16.3. The number of nitrogens with zero attached hydrogens (tertiary/aromatic N) is 2. The molecule has 2 heterocycles. The summed E-state index contributed by atoms with van der Waals surface area (Å²) in [4.78, 5) is 19.7. The molecule has 1 aliphatic rings. The number of halogens is 3. The van der Waals surface area contributed by atoms with Gasteiger partial charge in [-0.25, -0.2) is 9.97 Å². The second-order valence-corrected chi connectivity index (χ2v) is 7.55. The lowest BCUT2D eigenvalue weighted by Crippen LogP contribution is -2.41. The molecule has 1 unspecified atom stereocenters. The topological polar surface area (TPSA) is 70.5 Å². The molecule has 6 nitrogen and oxygen atoms in total. The second kappa shape index (κ2) is 6.96. The molecule has 0 aliphatic carbocycles. The first-order valence-electron chi connectivity index (χ1n) is 7.29. The van der Waals surface area contributed by atoms with E-state index in [1.165, 1.54) is 7.11 Å². The quantitative estimate of drug-likeness (QED) is 0.335. The van der Waals surface area contributed by atoms with Gasteiger partial charge in [-0.2, -0.15) is 0 Å². The summed E-state index contributed by atoms with van der Waals surface area (Å²) in [5.74, 6) is -1.10. The SMILES string of the molecule is COC(=O)CC(B1OC(C)(C)C(C)(C)O1)c1c(Cl)nc(Cl)nc1Cl. The Labute approximate surface area is 156 Å². The maximum atomic E-state index is 11.9. The van der Waals surface area contributed by atoms with Gasteiger partial charge >= 0.3 is 13.1 Å². The summed E-state index contributed by atoms with van der Waals surface area (Å²) in [7, 11) is 0.527. The third-order valence-electron chi connectivity index (χ3n) is 4.41. The fourth-order valence-electron chi connectivity index (χ4n) is 2.35. The molecule has 0 N–H and O–H groups in total. The Morgan fingerprint density at radius 2 is 1.58 bits per heavy atom. The van der Waals surface area contributed by atoms with Crippen LogP contribution in [0.2, 0.25) is 15.6 Å². The summed E-state index contributed by atoms with van der Waals surface area (Å²) in [6.07, 6.45) is -0.0578. The number of aromatic nitrogens is 2. The number of methoxy groups -OCH3 is 1. The number of rotatable bonds is 4. The lowest BCUT2D eigenvalue weighted by Gasteiger charge is -2.32. The number of ether oxygens (including phenoxy) is 1. The molecule has 24 heavy (non-hydrogen) atoms. The van der Waals surface area contributed by atoms with Crippen LogP contribution in [-0.2, 0) is 18.8 Å². The van der Waals surface area contributed by atoms with Crippen LogP contribution in [0.25, 0.3) is 0 Å². The summed E-state index contributed by atoms with van der Waals surface area (Å²) in [5.41, 5.74) is -0.831. The molecule has 1 saturated heterocycles. The number of esters is 1. The van der Waals surface area contributed by atoms with Gasteiger partial charge in [-0.1, -0.05) is 23.2 Å². The molecule has 0 bridgehead atoms. The van der Waals surface area contributed by atoms with Gasteiger partial charge in [0.15, 0.2) is 0 Å². The van der Waals surface area contributed by atoms with E-state index in [0.29, 0.717) is 5.56 Å². The molecule has 1 fully saturated rings. The van der Waals surface area contributed by atoms with Crippen molar-refractivity contribution in [3.63, 3.8) is 0 Å². The van der Waals surface area contributed by atoms with Gasteiger partial charge in [-0.3, -0.25) is 4.79 Å². The summed E-state index contributed by atoms with van der Waals surface area (Å²) in [6.45, 7) is 7.63. The van der Waals surface area contributed by atoms with Crippen molar-refractivity contribution in [1.29, 1.82) is 0 Å². The van der Waals surface area contributed by atoms with E-state index in [4.69, 9.17) is 48.8 Å². The highest BCUT2D eigenvalue weighted by molar-refractivity contribution is 6.49. The first kappa shape index (κ1) is 19.7. The zero-order valence-electron chi connectivity index (χ0n) is 14.0. The predicted octanol–water partition coefficient (Wildman–Crippen LogP) is 3.71. The highest BCUT2D eigenvalue weighted by atomic mass is 35.5.